The van der Waals surface area contributed by atoms with Gasteiger partial charge >= 0.3 is 0 Å². The molecule has 0 N–H and O–H groups in total. The predicted molar refractivity (Wildman–Crippen MR) is 112 cm³/mol. The Bertz CT molecular complexity index is 1010. The van der Waals surface area contributed by atoms with Gasteiger partial charge in [-0.3, -0.25) is 0 Å². The number of morpholine rings is 1. The quantitative estimate of drug-likeness (QED) is 0.677. The van der Waals surface area contributed by atoms with Gasteiger partial charge in [0.15, 0.2) is 17.6 Å². The summed E-state index contributed by atoms with van der Waals surface area (Å²) in [4.78, 5) is 13.5. The molecular weight excluding hydrogens is 368 g/mol. The molecule has 1 unspecified atom stereocenters. The van der Waals surface area contributed by atoms with Crippen LogP contribution in [0.3, 0.4) is 0 Å². The highest BCUT2D eigenvalue weighted by molar-refractivity contribution is 5.92. The lowest BCUT2D eigenvalue weighted by Gasteiger charge is -2.31. The number of hydrogen-bond donors (Lipinski definition) is 0. The van der Waals surface area contributed by atoms with E-state index in [1.54, 1.807) is 6.33 Å². The van der Waals surface area contributed by atoms with E-state index in [2.05, 4.69) is 38.0 Å². The van der Waals surface area contributed by atoms with Crippen molar-refractivity contribution in [3.05, 3.63) is 48.8 Å². The second-order valence-corrected chi connectivity index (χ2v) is 7.38. The van der Waals surface area contributed by atoms with Gasteiger partial charge in [-0.1, -0.05) is 12.1 Å². The molecule has 1 atom stereocenters. The molecule has 0 bridgehead atoms. The van der Waals surface area contributed by atoms with Gasteiger partial charge in [-0.15, -0.1) is 0 Å². The van der Waals surface area contributed by atoms with Crippen molar-refractivity contribution in [2.24, 2.45) is 0 Å². The van der Waals surface area contributed by atoms with Gasteiger partial charge in [0.25, 0.3) is 0 Å². The topological polar surface area (TPSA) is 60.0 Å². The van der Waals surface area contributed by atoms with Crippen LogP contribution < -0.4 is 19.3 Å². The van der Waals surface area contributed by atoms with Crippen LogP contribution in [0.15, 0.2) is 48.8 Å². The third-order valence-corrected chi connectivity index (χ3v) is 5.38. The fraction of sp³-hybridized carbons (Fsp3) is 0.364. The van der Waals surface area contributed by atoms with Crippen molar-refractivity contribution in [3.8, 4) is 11.5 Å². The van der Waals surface area contributed by atoms with Crippen LogP contribution in [0.1, 0.15) is 0 Å². The number of ether oxygens (including phenoxy) is 3. The van der Waals surface area contributed by atoms with Crippen LogP contribution in [0, 0.1) is 0 Å². The van der Waals surface area contributed by atoms with Gasteiger partial charge in [-0.25, -0.2) is 9.97 Å². The Balaban J connectivity index is 1.39. The Labute approximate surface area is 169 Å². The number of likely N-dealkylation sites (N-methyl/N-ethyl adjacent to an activating group) is 1. The summed E-state index contributed by atoms with van der Waals surface area (Å²) in [5, 5.41) is 1.04. The van der Waals surface area contributed by atoms with Gasteiger partial charge in [0.1, 0.15) is 18.8 Å². The maximum Gasteiger partial charge on any atom is 0.161 e. The van der Waals surface area contributed by atoms with E-state index in [1.807, 2.05) is 31.3 Å². The van der Waals surface area contributed by atoms with Gasteiger partial charge in [-0.2, -0.15) is 0 Å². The Kier molecular flexibility index (Phi) is 4.81. The summed E-state index contributed by atoms with van der Waals surface area (Å²) in [6.45, 7) is 4.51. The summed E-state index contributed by atoms with van der Waals surface area (Å²) >= 11 is 0. The lowest BCUT2D eigenvalue weighted by atomic mass is 10.1. The van der Waals surface area contributed by atoms with Crippen LogP contribution in [0.25, 0.3) is 10.9 Å². The summed E-state index contributed by atoms with van der Waals surface area (Å²) in [6.07, 6.45) is 1.55. The van der Waals surface area contributed by atoms with E-state index in [0.29, 0.717) is 13.2 Å². The smallest absolute Gasteiger partial charge is 0.161 e. The fourth-order valence-electron chi connectivity index (χ4n) is 3.90. The Morgan fingerprint density at radius 3 is 2.76 bits per heavy atom. The molecule has 5 rings (SSSR count). The van der Waals surface area contributed by atoms with Crippen LogP contribution in [0.2, 0.25) is 0 Å². The van der Waals surface area contributed by atoms with E-state index in [9.17, 15) is 0 Å². The highest BCUT2D eigenvalue weighted by atomic mass is 16.6. The third kappa shape index (κ3) is 3.65. The number of para-hydroxylation sites is 2. The zero-order valence-corrected chi connectivity index (χ0v) is 16.5. The minimum absolute atomic E-state index is 0.0673. The van der Waals surface area contributed by atoms with Crippen LogP contribution >= 0.6 is 0 Å². The highest BCUT2D eigenvalue weighted by Gasteiger charge is 2.23. The van der Waals surface area contributed by atoms with Gasteiger partial charge < -0.3 is 24.0 Å². The average molecular weight is 392 g/mol. The first-order valence-corrected chi connectivity index (χ1v) is 9.95. The molecule has 0 amide bonds. The Hall–Kier alpha value is -3.06. The number of anilines is 2. The largest absolute Gasteiger partial charge is 0.486 e. The zero-order chi connectivity index (χ0) is 19.6. The number of fused-ring (bicyclic) bond motifs is 2. The summed E-state index contributed by atoms with van der Waals surface area (Å²) in [5.74, 6) is 2.49. The first-order valence-electron chi connectivity index (χ1n) is 9.95. The Morgan fingerprint density at radius 2 is 1.90 bits per heavy atom. The summed E-state index contributed by atoms with van der Waals surface area (Å²) in [6, 6.07) is 14.2. The molecule has 7 nitrogen and oxygen atoms in total. The number of hydrogen-bond acceptors (Lipinski definition) is 7. The van der Waals surface area contributed by atoms with E-state index >= 15 is 0 Å². The summed E-state index contributed by atoms with van der Waals surface area (Å²) in [5.41, 5.74) is 2.11. The number of rotatable bonds is 4. The van der Waals surface area contributed by atoms with Crippen molar-refractivity contribution >= 4 is 22.4 Å². The normalized spacial score (nSPS) is 18.7. The van der Waals surface area contributed by atoms with Crippen LogP contribution in [-0.4, -0.2) is 62.6 Å². The van der Waals surface area contributed by atoms with E-state index < -0.39 is 0 Å². The molecule has 2 aliphatic rings. The Morgan fingerprint density at radius 1 is 1.07 bits per heavy atom. The third-order valence-electron chi connectivity index (χ3n) is 5.38. The molecular formula is C22H24N4O3. The van der Waals surface area contributed by atoms with Gasteiger partial charge in [0.2, 0.25) is 0 Å². The van der Waals surface area contributed by atoms with E-state index in [1.165, 1.54) is 5.69 Å². The van der Waals surface area contributed by atoms with Crippen molar-refractivity contribution < 1.29 is 14.2 Å². The van der Waals surface area contributed by atoms with Gasteiger partial charge in [0.05, 0.1) is 25.3 Å². The minimum atomic E-state index is -0.0673. The average Bonchev–Trinajstić information content (AvgIpc) is 2.79. The zero-order valence-electron chi connectivity index (χ0n) is 16.5. The van der Waals surface area contributed by atoms with Crippen molar-refractivity contribution in [2.75, 3.05) is 56.3 Å². The molecule has 150 valence electrons. The second-order valence-electron chi connectivity index (χ2n) is 7.38. The minimum Gasteiger partial charge on any atom is -0.486 e. The van der Waals surface area contributed by atoms with Crippen LogP contribution in [0.5, 0.6) is 11.5 Å². The molecule has 29 heavy (non-hydrogen) atoms. The SMILES string of the molecule is CN(CC1COc2ccccc2O1)c1ncnc2ccc(N3CCOCC3)cc12. The van der Waals surface area contributed by atoms with Crippen molar-refractivity contribution in [2.45, 2.75) is 6.10 Å². The fourth-order valence-corrected chi connectivity index (χ4v) is 3.90. The molecule has 2 aromatic carbocycles. The van der Waals surface area contributed by atoms with Crippen LogP contribution in [0.4, 0.5) is 11.5 Å². The monoisotopic (exact) mass is 392 g/mol. The van der Waals surface area contributed by atoms with E-state index in [0.717, 1.165) is 54.5 Å². The molecule has 0 spiro atoms. The molecule has 1 fully saturated rings. The molecule has 3 heterocycles. The first-order chi connectivity index (χ1) is 14.3. The molecule has 1 saturated heterocycles. The summed E-state index contributed by atoms with van der Waals surface area (Å²) in [7, 11) is 2.03. The standard InChI is InChI=1S/C22H24N4O3/c1-25(13-17-14-28-20-4-2-3-5-21(20)29-17)22-18-12-16(26-8-10-27-11-9-26)6-7-19(18)23-15-24-22/h2-7,12,15,17H,8-11,13-14H2,1H3. The lowest BCUT2D eigenvalue weighted by Crippen LogP contribution is -2.39. The molecule has 2 aliphatic heterocycles. The van der Waals surface area contributed by atoms with Crippen LogP contribution in [-0.2, 0) is 4.74 Å². The maximum absolute atomic E-state index is 6.12. The lowest BCUT2D eigenvalue weighted by molar-refractivity contribution is 0.0960. The number of nitrogens with zero attached hydrogens (tertiary/aromatic N) is 4. The number of benzene rings is 2. The van der Waals surface area contributed by atoms with Gasteiger partial charge in [-0.05, 0) is 30.3 Å². The molecule has 0 aliphatic carbocycles. The molecule has 1 aromatic heterocycles. The molecule has 0 radical (unpaired) electrons. The van der Waals surface area contributed by atoms with Crippen molar-refractivity contribution in [1.82, 2.24) is 9.97 Å². The molecule has 7 heteroatoms. The molecule has 3 aromatic rings. The van der Waals surface area contributed by atoms with E-state index in [-0.39, 0.29) is 6.10 Å². The first kappa shape index (κ1) is 18.0. The van der Waals surface area contributed by atoms with Crippen molar-refractivity contribution in [1.29, 1.82) is 0 Å². The predicted octanol–water partition coefficient (Wildman–Crippen LogP) is 2.74. The second kappa shape index (κ2) is 7.75. The summed E-state index contributed by atoms with van der Waals surface area (Å²) < 4.78 is 17.5. The van der Waals surface area contributed by atoms with Crippen molar-refractivity contribution in [3.63, 3.8) is 0 Å². The maximum atomic E-state index is 6.12. The van der Waals surface area contributed by atoms with E-state index in [4.69, 9.17) is 14.2 Å². The number of aromatic nitrogens is 2. The molecule has 0 saturated carbocycles. The highest BCUT2D eigenvalue weighted by Crippen LogP contribution is 2.32. The van der Waals surface area contributed by atoms with Gasteiger partial charge in [0, 0.05) is 31.2 Å².